The van der Waals surface area contributed by atoms with Crippen LogP contribution in [-0.4, -0.2) is 6.21 Å². The Kier molecular flexibility index (Phi) is 8.91. The van der Waals surface area contributed by atoms with Crippen LogP contribution < -0.4 is 4.89 Å². The van der Waals surface area contributed by atoms with E-state index in [4.69, 9.17) is 4.89 Å². The molecule has 0 spiro atoms. The zero-order valence-corrected chi connectivity index (χ0v) is 13.9. The van der Waals surface area contributed by atoms with Crippen LogP contribution in [0.5, 0.6) is 5.75 Å². The van der Waals surface area contributed by atoms with Gasteiger partial charge in [-0.05, 0) is 22.6 Å². The van der Waals surface area contributed by atoms with Gasteiger partial charge in [-0.15, -0.1) is 10.1 Å². The first kappa shape index (κ1) is 18.5. The molecule has 0 fully saturated rings. The van der Waals surface area contributed by atoms with Gasteiger partial charge in [-0.25, -0.2) is 0 Å². The lowest BCUT2D eigenvalue weighted by atomic mass is 10.2. The van der Waals surface area contributed by atoms with Gasteiger partial charge in [0.25, 0.3) is 0 Å². The molecule has 0 amide bonds. The van der Waals surface area contributed by atoms with Crippen molar-refractivity contribution in [2.75, 3.05) is 0 Å². The lowest BCUT2D eigenvalue weighted by molar-refractivity contribution is -0.216. The van der Waals surface area contributed by atoms with Crippen molar-refractivity contribution >= 4 is 12.3 Å². The van der Waals surface area contributed by atoms with Crippen LogP contribution in [0.4, 0.5) is 0 Å². The maximum Gasteiger partial charge on any atom is 0.188 e. The third-order valence-corrected chi connectivity index (χ3v) is 2.79. The summed E-state index contributed by atoms with van der Waals surface area (Å²) in [6, 6.07) is 7.33. The third kappa shape index (κ3) is 8.11. The summed E-state index contributed by atoms with van der Waals surface area (Å²) >= 11 is 0. The second-order valence-electron chi connectivity index (χ2n) is 4.59. The first-order chi connectivity index (χ1) is 13.0. The van der Waals surface area contributed by atoms with Crippen LogP contribution in [0.2, 0.25) is 0 Å². The summed E-state index contributed by atoms with van der Waals surface area (Å²) < 4.78 is 0. The summed E-state index contributed by atoms with van der Waals surface area (Å²) in [6.07, 6.45) is 24.0. The SMILES string of the molecule is C1=CC=CC=CC=NN=NN=NOOc2ccccc2C=CC=CC=C1. The van der Waals surface area contributed by atoms with Crippen molar-refractivity contribution < 1.29 is 9.88 Å². The van der Waals surface area contributed by atoms with Crippen molar-refractivity contribution in [3.63, 3.8) is 0 Å². The normalized spacial score (nSPS) is 14.9. The summed E-state index contributed by atoms with van der Waals surface area (Å²) in [5, 5.41) is 16.9. The van der Waals surface area contributed by atoms with Gasteiger partial charge in [0.1, 0.15) is 0 Å². The molecule has 0 atom stereocenters. The topological polar surface area (TPSA) is 80.3 Å². The van der Waals surface area contributed by atoms with Gasteiger partial charge in [-0.2, -0.15) is 0 Å². The fourth-order valence-corrected chi connectivity index (χ4v) is 1.68. The molecule has 0 aliphatic carbocycles. The van der Waals surface area contributed by atoms with E-state index in [0.29, 0.717) is 5.75 Å². The van der Waals surface area contributed by atoms with E-state index in [1.54, 1.807) is 18.2 Å². The monoisotopic (exact) mass is 347 g/mol. The zero-order chi connectivity index (χ0) is 18.1. The van der Waals surface area contributed by atoms with Crippen molar-refractivity contribution in [1.82, 2.24) is 0 Å². The van der Waals surface area contributed by atoms with Crippen LogP contribution in [0.25, 0.3) is 6.08 Å². The average Bonchev–Trinajstić information content (AvgIpc) is 2.66. The first-order valence-corrected chi connectivity index (χ1v) is 7.73. The number of benzene rings is 1. The van der Waals surface area contributed by atoms with Crippen molar-refractivity contribution in [1.29, 1.82) is 0 Å². The molecule has 7 nitrogen and oxygen atoms in total. The van der Waals surface area contributed by atoms with Crippen molar-refractivity contribution in [3.8, 4) is 5.75 Å². The fraction of sp³-hybridized carbons (Fsp3) is 0. The molecule has 130 valence electrons. The summed E-state index contributed by atoms with van der Waals surface area (Å²) in [5.41, 5.74) is 0.821. The van der Waals surface area contributed by atoms with Gasteiger partial charge in [0.05, 0.1) is 11.5 Å². The highest BCUT2D eigenvalue weighted by molar-refractivity contribution is 5.71. The van der Waals surface area contributed by atoms with Crippen LogP contribution in [0, 0.1) is 0 Å². The molecule has 0 radical (unpaired) electrons. The molecule has 0 saturated carbocycles. The molecule has 0 N–H and O–H groups in total. The Labute approximate surface area is 151 Å². The Morgan fingerprint density at radius 3 is 2.04 bits per heavy atom. The van der Waals surface area contributed by atoms with Gasteiger partial charge in [0.15, 0.2) is 5.75 Å². The maximum atomic E-state index is 5.08. The van der Waals surface area contributed by atoms with Crippen LogP contribution in [0.15, 0.2) is 117 Å². The largest absolute Gasteiger partial charge is 0.265 e. The molecule has 0 bridgehead atoms. The molecule has 7 heteroatoms. The van der Waals surface area contributed by atoms with Crippen LogP contribution in [-0.2, 0) is 4.99 Å². The van der Waals surface area contributed by atoms with Gasteiger partial charge >= 0.3 is 0 Å². The number of hydrogen-bond donors (Lipinski definition) is 0. The predicted molar refractivity (Wildman–Crippen MR) is 101 cm³/mol. The Balaban J connectivity index is 2.10. The minimum atomic E-state index is 0.489. The van der Waals surface area contributed by atoms with E-state index in [9.17, 15) is 0 Å². The Hall–Kier alpha value is -3.87. The highest BCUT2D eigenvalue weighted by Crippen LogP contribution is 2.19. The van der Waals surface area contributed by atoms with E-state index in [-0.39, 0.29) is 0 Å². The highest BCUT2D eigenvalue weighted by atomic mass is 17.3. The predicted octanol–water partition coefficient (Wildman–Crippen LogP) is 5.53. The van der Waals surface area contributed by atoms with E-state index >= 15 is 0 Å². The van der Waals surface area contributed by atoms with E-state index in [2.05, 4.69) is 31.0 Å². The number of fused-ring (bicyclic) bond motifs is 1. The second kappa shape index (κ2) is 12.5. The lowest BCUT2D eigenvalue weighted by Gasteiger charge is -2.02. The zero-order valence-electron chi connectivity index (χ0n) is 13.9. The molecular weight excluding hydrogens is 330 g/mol. The number of hydrogen-bond acceptors (Lipinski definition) is 7. The number of para-hydroxylation sites is 1. The minimum absolute atomic E-state index is 0.489. The lowest BCUT2D eigenvalue weighted by Crippen LogP contribution is -1.91. The van der Waals surface area contributed by atoms with Crippen LogP contribution >= 0.6 is 0 Å². The van der Waals surface area contributed by atoms with Gasteiger partial charge in [-0.3, -0.25) is 4.89 Å². The van der Waals surface area contributed by atoms with Crippen molar-refractivity contribution in [2.45, 2.75) is 0 Å². The van der Waals surface area contributed by atoms with E-state index in [1.807, 2.05) is 79.0 Å². The molecule has 0 aromatic heterocycles. The van der Waals surface area contributed by atoms with Gasteiger partial charge in [0, 0.05) is 10.8 Å². The van der Waals surface area contributed by atoms with Crippen molar-refractivity contribution in [2.24, 2.45) is 26.0 Å². The summed E-state index contributed by atoms with van der Waals surface area (Å²) in [4.78, 5) is 9.71. The summed E-state index contributed by atoms with van der Waals surface area (Å²) in [6.45, 7) is 0. The number of allylic oxidation sites excluding steroid dienone is 11. The molecule has 1 aromatic rings. The molecule has 0 unspecified atom stereocenters. The van der Waals surface area contributed by atoms with Gasteiger partial charge < -0.3 is 0 Å². The molecule has 1 heterocycles. The number of nitrogens with zero attached hydrogens (tertiary/aromatic N) is 5. The maximum absolute atomic E-state index is 5.08. The molecule has 2 rings (SSSR count). The van der Waals surface area contributed by atoms with Crippen molar-refractivity contribution in [3.05, 3.63) is 96.7 Å². The second-order valence-corrected chi connectivity index (χ2v) is 4.59. The molecule has 0 saturated heterocycles. The van der Waals surface area contributed by atoms with Crippen LogP contribution in [0.1, 0.15) is 5.56 Å². The van der Waals surface area contributed by atoms with E-state index < -0.39 is 0 Å². The van der Waals surface area contributed by atoms with E-state index in [0.717, 1.165) is 5.56 Å². The minimum Gasteiger partial charge on any atom is -0.265 e. The first-order valence-electron chi connectivity index (χ1n) is 7.73. The Bertz CT molecular complexity index is 815. The van der Waals surface area contributed by atoms with Gasteiger partial charge in [0.2, 0.25) is 0 Å². The quantitative estimate of drug-likeness (QED) is 0.579. The summed E-state index contributed by atoms with van der Waals surface area (Å²) in [5.74, 6) is 0.489. The fourth-order valence-electron chi connectivity index (χ4n) is 1.68. The molecule has 1 aromatic carbocycles. The smallest absolute Gasteiger partial charge is 0.188 e. The molecule has 1 aliphatic rings. The third-order valence-electron chi connectivity index (χ3n) is 2.79. The van der Waals surface area contributed by atoms with Crippen LogP contribution in [0.3, 0.4) is 0 Å². The average molecular weight is 347 g/mol. The molecule has 1 aliphatic heterocycles. The van der Waals surface area contributed by atoms with E-state index in [1.165, 1.54) is 6.21 Å². The number of rotatable bonds is 0. The molecule has 26 heavy (non-hydrogen) atoms. The summed E-state index contributed by atoms with van der Waals surface area (Å²) in [7, 11) is 0. The highest BCUT2D eigenvalue weighted by Gasteiger charge is 2.00. The molecular formula is C19H17N5O2. The van der Waals surface area contributed by atoms with Gasteiger partial charge in [-0.1, -0.05) is 85.0 Å². The Morgan fingerprint density at radius 2 is 1.27 bits per heavy atom. The standard InChI is InChI=1S/C19H17N5O2/c1-2-4-6-8-10-14-18-15-11-12-16-19(18)25-26-24-23-22-21-20-17-13-9-7-5-3-1/h1-17H. The Morgan fingerprint density at radius 1 is 0.615 bits per heavy atom.